The van der Waals surface area contributed by atoms with Gasteiger partial charge in [-0.1, -0.05) is 30.3 Å². The number of likely N-dealkylation sites (tertiary alicyclic amines) is 1. The van der Waals surface area contributed by atoms with E-state index in [1.54, 1.807) is 0 Å². The van der Waals surface area contributed by atoms with Gasteiger partial charge in [0, 0.05) is 30.7 Å². The molecule has 1 unspecified atom stereocenters. The molecule has 0 bridgehead atoms. The summed E-state index contributed by atoms with van der Waals surface area (Å²) in [7, 11) is 0. The number of hydrogen-bond donors (Lipinski definition) is 1. The lowest BCUT2D eigenvalue weighted by Gasteiger charge is -2.42. The van der Waals surface area contributed by atoms with E-state index < -0.39 is 17.5 Å². The van der Waals surface area contributed by atoms with Crippen molar-refractivity contribution in [3.63, 3.8) is 0 Å². The predicted molar refractivity (Wildman–Crippen MR) is 95.1 cm³/mol. The SMILES string of the molecule is OCC1(CCc2ccccc2)CCCN(Cc2c(F)ccc(F)c2F)C1. The third-order valence-corrected chi connectivity index (χ3v) is 5.38. The molecular weight excluding hydrogens is 339 g/mol. The van der Waals surface area contributed by atoms with Gasteiger partial charge in [0.25, 0.3) is 0 Å². The van der Waals surface area contributed by atoms with Crippen LogP contribution in [0.1, 0.15) is 30.4 Å². The molecule has 1 saturated heterocycles. The highest BCUT2D eigenvalue weighted by molar-refractivity contribution is 5.21. The van der Waals surface area contributed by atoms with Gasteiger partial charge in [-0.3, -0.25) is 4.90 Å². The minimum absolute atomic E-state index is 0.0164. The van der Waals surface area contributed by atoms with Crippen molar-refractivity contribution in [3.8, 4) is 0 Å². The Balaban J connectivity index is 1.70. The van der Waals surface area contributed by atoms with Crippen molar-refractivity contribution in [1.82, 2.24) is 4.90 Å². The summed E-state index contributed by atoms with van der Waals surface area (Å²) in [6.07, 6.45) is 3.37. The Hall–Kier alpha value is -1.85. The molecule has 26 heavy (non-hydrogen) atoms. The summed E-state index contributed by atoms with van der Waals surface area (Å²) in [5.41, 5.74) is 0.676. The summed E-state index contributed by atoms with van der Waals surface area (Å²) in [6, 6.07) is 11.8. The fraction of sp³-hybridized carbons (Fsp3) is 0.429. The van der Waals surface area contributed by atoms with Gasteiger partial charge in [0.1, 0.15) is 5.82 Å². The van der Waals surface area contributed by atoms with E-state index in [0.29, 0.717) is 13.1 Å². The Labute approximate surface area is 152 Å². The quantitative estimate of drug-likeness (QED) is 0.773. The molecule has 0 spiro atoms. The molecule has 0 aliphatic carbocycles. The number of hydrogen-bond acceptors (Lipinski definition) is 2. The van der Waals surface area contributed by atoms with Crippen molar-refractivity contribution in [3.05, 3.63) is 71.0 Å². The molecule has 2 aromatic rings. The molecule has 1 atom stereocenters. The van der Waals surface area contributed by atoms with E-state index >= 15 is 0 Å². The van der Waals surface area contributed by atoms with Gasteiger partial charge in [0.05, 0.1) is 0 Å². The first-order chi connectivity index (χ1) is 12.5. The van der Waals surface area contributed by atoms with Crippen LogP contribution in [0.3, 0.4) is 0 Å². The lowest BCUT2D eigenvalue weighted by atomic mass is 9.76. The molecule has 0 saturated carbocycles. The van der Waals surface area contributed by atoms with Crippen LogP contribution in [0.15, 0.2) is 42.5 Å². The predicted octanol–water partition coefficient (Wildman–Crippen LogP) is 4.31. The van der Waals surface area contributed by atoms with Crippen LogP contribution in [-0.2, 0) is 13.0 Å². The van der Waals surface area contributed by atoms with Crippen LogP contribution >= 0.6 is 0 Å². The van der Waals surface area contributed by atoms with Gasteiger partial charge in [-0.2, -0.15) is 0 Å². The second-order valence-electron chi connectivity index (χ2n) is 7.28. The largest absolute Gasteiger partial charge is 0.396 e. The topological polar surface area (TPSA) is 23.5 Å². The van der Waals surface area contributed by atoms with Crippen molar-refractivity contribution in [2.45, 2.75) is 32.2 Å². The molecular formula is C21H24F3NO. The van der Waals surface area contributed by atoms with Gasteiger partial charge < -0.3 is 5.11 Å². The van der Waals surface area contributed by atoms with E-state index in [0.717, 1.165) is 37.8 Å². The number of aliphatic hydroxyl groups is 1. The first kappa shape index (κ1) is 18.9. The van der Waals surface area contributed by atoms with Gasteiger partial charge in [-0.05, 0) is 49.9 Å². The molecule has 5 heteroatoms. The first-order valence-corrected chi connectivity index (χ1v) is 9.02. The number of piperidine rings is 1. The molecule has 0 radical (unpaired) electrons. The van der Waals surface area contributed by atoms with Crippen LogP contribution in [0.4, 0.5) is 13.2 Å². The zero-order valence-corrected chi connectivity index (χ0v) is 14.7. The second-order valence-corrected chi connectivity index (χ2v) is 7.28. The number of halogens is 3. The van der Waals surface area contributed by atoms with E-state index in [1.807, 2.05) is 23.1 Å². The molecule has 1 heterocycles. The van der Waals surface area contributed by atoms with Crippen molar-refractivity contribution in [1.29, 1.82) is 0 Å². The fourth-order valence-electron chi connectivity index (χ4n) is 3.85. The van der Waals surface area contributed by atoms with Gasteiger partial charge in [-0.25, -0.2) is 13.2 Å². The molecule has 0 aromatic heterocycles. The Morgan fingerprint density at radius 2 is 1.73 bits per heavy atom. The third-order valence-electron chi connectivity index (χ3n) is 5.38. The maximum atomic E-state index is 14.0. The van der Waals surface area contributed by atoms with Crippen molar-refractivity contribution in [2.24, 2.45) is 5.41 Å². The highest BCUT2D eigenvalue weighted by atomic mass is 19.2. The monoisotopic (exact) mass is 363 g/mol. The maximum absolute atomic E-state index is 14.0. The van der Waals surface area contributed by atoms with E-state index in [4.69, 9.17) is 0 Å². The van der Waals surface area contributed by atoms with Crippen LogP contribution in [0, 0.1) is 22.9 Å². The average molecular weight is 363 g/mol. The Morgan fingerprint density at radius 3 is 2.46 bits per heavy atom. The molecule has 3 rings (SSSR count). The summed E-state index contributed by atoms with van der Waals surface area (Å²) in [5.74, 6) is -2.88. The van der Waals surface area contributed by atoms with E-state index in [-0.39, 0.29) is 24.1 Å². The zero-order valence-electron chi connectivity index (χ0n) is 14.7. The highest BCUT2D eigenvalue weighted by Crippen LogP contribution is 2.35. The van der Waals surface area contributed by atoms with Crippen molar-refractivity contribution >= 4 is 0 Å². The molecule has 1 aliphatic rings. The fourth-order valence-corrected chi connectivity index (χ4v) is 3.85. The number of aryl methyl sites for hydroxylation is 1. The number of aliphatic hydroxyl groups excluding tert-OH is 1. The second kappa shape index (κ2) is 8.23. The van der Waals surface area contributed by atoms with Gasteiger partial charge in [-0.15, -0.1) is 0 Å². The zero-order chi connectivity index (χ0) is 18.6. The normalized spacial score (nSPS) is 21.1. The Bertz CT molecular complexity index is 738. The summed E-state index contributed by atoms with van der Waals surface area (Å²) in [5, 5.41) is 10.0. The van der Waals surface area contributed by atoms with E-state index in [9.17, 15) is 18.3 Å². The van der Waals surface area contributed by atoms with Crippen LogP contribution < -0.4 is 0 Å². The molecule has 2 nitrogen and oxygen atoms in total. The van der Waals surface area contributed by atoms with Crippen molar-refractivity contribution in [2.75, 3.05) is 19.7 Å². The Kier molecular flexibility index (Phi) is 5.99. The minimum atomic E-state index is -1.12. The maximum Gasteiger partial charge on any atom is 0.166 e. The van der Waals surface area contributed by atoms with E-state index in [2.05, 4.69) is 12.1 Å². The minimum Gasteiger partial charge on any atom is -0.396 e. The highest BCUT2D eigenvalue weighted by Gasteiger charge is 2.35. The van der Waals surface area contributed by atoms with Crippen LogP contribution in [-0.4, -0.2) is 29.7 Å². The number of benzene rings is 2. The lowest BCUT2D eigenvalue weighted by molar-refractivity contribution is 0.0215. The molecule has 1 N–H and O–H groups in total. The number of nitrogens with zero attached hydrogens (tertiary/aromatic N) is 1. The molecule has 140 valence electrons. The summed E-state index contributed by atoms with van der Waals surface area (Å²) in [4.78, 5) is 1.92. The van der Waals surface area contributed by atoms with Crippen molar-refractivity contribution < 1.29 is 18.3 Å². The van der Waals surface area contributed by atoms with Crippen LogP contribution in [0.2, 0.25) is 0 Å². The van der Waals surface area contributed by atoms with Gasteiger partial charge in [0.2, 0.25) is 0 Å². The van der Waals surface area contributed by atoms with E-state index in [1.165, 1.54) is 5.56 Å². The third kappa shape index (κ3) is 4.27. The van der Waals surface area contributed by atoms with Crippen LogP contribution in [0.25, 0.3) is 0 Å². The first-order valence-electron chi connectivity index (χ1n) is 9.02. The summed E-state index contributed by atoms with van der Waals surface area (Å²) in [6.45, 7) is 1.28. The van der Waals surface area contributed by atoms with Crippen LogP contribution in [0.5, 0.6) is 0 Å². The molecule has 0 amide bonds. The summed E-state index contributed by atoms with van der Waals surface area (Å²) < 4.78 is 41.4. The van der Waals surface area contributed by atoms with Gasteiger partial charge in [0.15, 0.2) is 11.6 Å². The van der Waals surface area contributed by atoms with Gasteiger partial charge >= 0.3 is 0 Å². The molecule has 1 aliphatic heterocycles. The molecule has 1 fully saturated rings. The summed E-state index contributed by atoms with van der Waals surface area (Å²) >= 11 is 0. The molecule has 2 aromatic carbocycles. The lowest BCUT2D eigenvalue weighted by Crippen LogP contribution is -2.45. The number of rotatable bonds is 6. The smallest absolute Gasteiger partial charge is 0.166 e. The standard InChI is InChI=1S/C21H24F3NO/c22-18-7-8-19(23)20(24)17(18)13-25-12-4-10-21(14-25,15-26)11-9-16-5-2-1-3-6-16/h1-3,5-8,26H,4,9-15H2. The average Bonchev–Trinajstić information content (AvgIpc) is 2.68. The Morgan fingerprint density at radius 1 is 1.00 bits per heavy atom.